The van der Waals surface area contributed by atoms with Crippen LogP contribution in [0.5, 0.6) is 0 Å². The van der Waals surface area contributed by atoms with Crippen LogP contribution in [0.1, 0.15) is 54.9 Å². The van der Waals surface area contributed by atoms with Crippen molar-refractivity contribution in [1.29, 1.82) is 0 Å². The Kier molecular flexibility index (Phi) is 9.76. The van der Waals surface area contributed by atoms with Crippen LogP contribution in [-0.2, 0) is 29.2 Å². The Morgan fingerprint density at radius 1 is 0.875 bits per heavy atom. The van der Waals surface area contributed by atoms with Gasteiger partial charge in [0.15, 0.2) is 0 Å². The molecule has 0 aliphatic rings. The summed E-state index contributed by atoms with van der Waals surface area (Å²) in [6.07, 6.45) is -0.815. The molecule has 24 heavy (non-hydrogen) atoms. The molecule has 0 radical (unpaired) electrons. The molecule has 9 heteroatoms. The van der Waals surface area contributed by atoms with Gasteiger partial charge in [-0.2, -0.15) is 8.42 Å². The molecule has 0 bridgehead atoms. The van der Waals surface area contributed by atoms with Crippen molar-refractivity contribution in [2.24, 2.45) is 10.8 Å². The van der Waals surface area contributed by atoms with Crippen molar-refractivity contribution in [2.45, 2.75) is 59.6 Å². The first-order chi connectivity index (χ1) is 9.98. The number of carbonyl (C=O) groups excluding carboxylic acids is 2. The van der Waals surface area contributed by atoms with E-state index in [4.69, 9.17) is 9.47 Å². The zero-order valence-electron chi connectivity index (χ0n) is 14.9. The normalized spacial score (nSPS) is 15.0. The summed E-state index contributed by atoms with van der Waals surface area (Å²) in [5.74, 6) is -2.07. The molecule has 0 aromatic heterocycles. The first-order valence-corrected chi connectivity index (χ1v) is 8.72. The van der Waals surface area contributed by atoms with Crippen molar-refractivity contribution in [1.82, 2.24) is 0 Å². The van der Waals surface area contributed by atoms with Gasteiger partial charge in [-0.1, -0.05) is 41.5 Å². The monoisotopic (exact) mass is 376 g/mol. The van der Waals surface area contributed by atoms with Gasteiger partial charge in [0.2, 0.25) is 4.75 Å². The van der Waals surface area contributed by atoms with Crippen LogP contribution in [0.3, 0.4) is 0 Å². The fourth-order valence-electron chi connectivity index (χ4n) is 1.33. The van der Waals surface area contributed by atoms with Crippen LogP contribution in [0.25, 0.3) is 0 Å². The summed E-state index contributed by atoms with van der Waals surface area (Å²) in [6.45, 7) is 11.8. The minimum absolute atomic E-state index is 0. The predicted octanol–water partition coefficient (Wildman–Crippen LogP) is 1.55. The van der Waals surface area contributed by atoms with E-state index in [-0.39, 0.29) is 53.6 Å². The van der Waals surface area contributed by atoms with E-state index in [9.17, 15) is 22.6 Å². The number of esters is 2. The Hall–Kier alpha value is -0.150. The second kappa shape index (κ2) is 8.98. The molecule has 0 heterocycles. The predicted molar refractivity (Wildman–Crippen MR) is 92.5 cm³/mol. The third-order valence-electron chi connectivity index (χ3n) is 2.79. The topological polar surface area (TPSA) is 107 Å². The molecule has 138 valence electrons. The fourth-order valence-corrected chi connectivity index (χ4v) is 1.90. The SMILES string of the molecule is CC(C)(C)COC(=O)CC(C)(C(=O)OCC(C)(C)C)S(=O)(=O)O.[NaH]. The van der Waals surface area contributed by atoms with Crippen molar-refractivity contribution in [3.8, 4) is 0 Å². The van der Waals surface area contributed by atoms with E-state index in [2.05, 4.69) is 0 Å². The van der Waals surface area contributed by atoms with E-state index in [1.807, 2.05) is 20.8 Å². The average molecular weight is 376 g/mol. The molecule has 0 aliphatic carbocycles. The minimum atomic E-state index is -4.86. The molecule has 0 spiro atoms. The van der Waals surface area contributed by atoms with Crippen molar-refractivity contribution < 1.29 is 32.0 Å². The molecular formula is C15H29NaO7S. The Balaban J connectivity index is 0. The van der Waals surface area contributed by atoms with Gasteiger partial charge in [-0.05, 0) is 17.8 Å². The Bertz CT molecular complexity index is 543. The summed E-state index contributed by atoms with van der Waals surface area (Å²) in [5, 5.41) is 0. The number of hydrogen-bond donors (Lipinski definition) is 1. The Labute approximate surface area is 166 Å². The Morgan fingerprint density at radius 2 is 1.25 bits per heavy atom. The van der Waals surface area contributed by atoms with E-state index in [0.29, 0.717) is 0 Å². The summed E-state index contributed by atoms with van der Waals surface area (Å²) in [5.41, 5.74) is -0.695. The fraction of sp³-hybridized carbons (Fsp3) is 0.867. The van der Waals surface area contributed by atoms with Crippen LogP contribution < -0.4 is 0 Å². The summed E-state index contributed by atoms with van der Waals surface area (Å²) < 4.78 is 40.1. The van der Waals surface area contributed by atoms with E-state index >= 15 is 0 Å². The third-order valence-corrected chi connectivity index (χ3v) is 4.23. The van der Waals surface area contributed by atoms with Gasteiger partial charge in [0.05, 0.1) is 19.6 Å². The number of ether oxygens (including phenoxy) is 2. The number of hydrogen-bond acceptors (Lipinski definition) is 6. The van der Waals surface area contributed by atoms with Crippen LogP contribution in [-0.4, -0.2) is 72.4 Å². The van der Waals surface area contributed by atoms with Crippen LogP contribution in [0.15, 0.2) is 0 Å². The van der Waals surface area contributed by atoms with Gasteiger partial charge >= 0.3 is 41.5 Å². The van der Waals surface area contributed by atoms with Gasteiger partial charge in [-0.3, -0.25) is 14.1 Å². The molecule has 0 saturated carbocycles. The molecule has 0 rings (SSSR count). The molecule has 0 aliphatic heterocycles. The molecule has 7 nitrogen and oxygen atoms in total. The standard InChI is InChI=1S/C15H28O7S.Na.H/c1-13(2,3)9-21-11(16)8-15(7,23(18,19)20)12(17)22-10-14(4,5)6;;/h8-10H2,1-7H3,(H,18,19,20);;. The van der Waals surface area contributed by atoms with Gasteiger partial charge < -0.3 is 9.47 Å². The summed E-state index contributed by atoms with van der Waals surface area (Å²) in [7, 11) is -4.86. The van der Waals surface area contributed by atoms with Gasteiger partial charge in [-0.15, -0.1) is 0 Å². The van der Waals surface area contributed by atoms with Crippen molar-refractivity contribution in [2.75, 3.05) is 13.2 Å². The first-order valence-electron chi connectivity index (χ1n) is 7.28. The van der Waals surface area contributed by atoms with E-state index in [1.165, 1.54) is 0 Å². The van der Waals surface area contributed by atoms with Crippen molar-refractivity contribution in [3.05, 3.63) is 0 Å². The second-order valence-electron chi connectivity index (χ2n) is 8.24. The van der Waals surface area contributed by atoms with Crippen molar-refractivity contribution >= 4 is 51.6 Å². The third kappa shape index (κ3) is 9.36. The van der Waals surface area contributed by atoms with E-state index < -0.39 is 33.2 Å². The van der Waals surface area contributed by atoms with Gasteiger partial charge in [-0.25, -0.2) is 0 Å². The van der Waals surface area contributed by atoms with Crippen LogP contribution in [0, 0.1) is 10.8 Å². The molecule has 0 saturated heterocycles. The summed E-state index contributed by atoms with van der Waals surface area (Å²) in [4.78, 5) is 24.0. The summed E-state index contributed by atoms with van der Waals surface area (Å²) in [6, 6.07) is 0. The quantitative estimate of drug-likeness (QED) is 0.426. The second-order valence-corrected chi connectivity index (χ2v) is 10.1. The maximum atomic E-state index is 12.1. The molecular weight excluding hydrogens is 347 g/mol. The zero-order chi connectivity index (χ0) is 18.7. The van der Waals surface area contributed by atoms with Gasteiger partial charge in [0, 0.05) is 0 Å². The molecule has 0 aromatic carbocycles. The van der Waals surface area contributed by atoms with Gasteiger partial charge in [0.25, 0.3) is 10.1 Å². The number of rotatable bonds is 6. The molecule has 1 unspecified atom stereocenters. The Morgan fingerprint density at radius 3 is 1.58 bits per heavy atom. The van der Waals surface area contributed by atoms with E-state index in [1.54, 1.807) is 20.8 Å². The molecule has 1 N–H and O–H groups in total. The van der Waals surface area contributed by atoms with E-state index in [0.717, 1.165) is 6.92 Å². The van der Waals surface area contributed by atoms with Crippen molar-refractivity contribution in [3.63, 3.8) is 0 Å². The zero-order valence-corrected chi connectivity index (χ0v) is 15.7. The van der Waals surface area contributed by atoms with Crippen LogP contribution >= 0.6 is 0 Å². The van der Waals surface area contributed by atoms with Crippen LogP contribution in [0.4, 0.5) is 0 Å². The summed E-state index contributed by atoms with van der Waals surface area (Å²) >= 11 is 0. The first kappa shape index (κ1) is 26.1. The molecule has 0 fully saturated rings. The number of carbonyl (C=O) groups is 2. The average Bonchev–Trinajstić information content (AvgIpc) is 2.30. The maximum absolute atomic E-state index is 12.1. The molecule has 0 amide bonds. The van der Waals surface area contributed by atoms with Gasteiger partial charge in [0.1, 0.15) is 0 Å². The molecule has 1 atom stereocenters. The van der Waals surface area contributed by atoms with Crippen LogP contribution in [0.2, 0.25) is 0 Å². The molecule has 0 aromatic rings.